The number of halogens is 1. The van der Waals surface area contributed by atoms with Gasteiger partial charge in [0.15, 0.2) is 11.5 Å². The molecule has 1 saturated carbocycles. The predicted octanol–water partition coefficient (Wildman–Crippen LogP) is 3.51. The lowest BCUT2D eigenvalue weighted by molar-refractivity contribution is -0.168. The molecule has 0 unspecified atom stereocenters. The molecule has 2 aromatic heterocycles. The third-order valence-corrected chi connectivity index (χ3v) is 7.35. The molecule has 1 aliphatic carbocycles. The number of aliphatic hydroxyl groups is 1. The maximum Gasteiger partial charge on any atom is 0.309 e. The Kier molecular flexibility index (Phi) is 7.40. The summed E-state index contributed by atoms with van der Waals surface area (Å²) in [6.07, 6.45) is 8.93. The molecule has 0 aromatic carbocycles. The van der Waals surface area contributed by atoms with Gasteiger partial charge in [0.1, 0.15) is 17.2 Å². The van der Waals surface area contributed by atoms with Gasteiger partial charge in [0.2, 0.25) is 5.28 Å². The van der Waals surface area contributed by atoms with Crippen LogP contribution in [-0.2, 0) is 20.8 Å². The van der Waals surface area contributed by atoms with Crippen LogP contribution in [0.15, 0.2) is 6.33 Å². The minimum Gasteiger partial charge on any atom is -0.459 e. The molecule has 182 valence electrons. The van der Waals surface area contributed by atoms with E-state index in [4.69, 9.17) is 26.8 Å². The normalized spacial score (nSPS) is 30.1. The van der Waals surface area contributed by atoms with E-state index in [-0.39, 0.29) is 35.7 Å². The molecule has 4 rings (SSSR count). The second kappa shape index (κ2) is 10.1. The van der Waals surface area contributed by atoms with Gasteiger partial charge in [0, 0.05) is 6.42 Å². The van der Waals surface area contributed by atoms with E-state index in [1.807, 2.05) is 0 Å². The van der Waals surface area contributed by atoms with Crippen molar-refractivity contribution in [3.8, 4) is 0 Å². The van der Waals surface area contributed by atoms with Crippen LogP contribution < -0.4 is 5.73 Å². The molecule has 0 bridgehead atoms. The fraction of sp³-hybridized carbons (Fsp3) is 0.739. The average Bonchev–Trinajstić information content (AvgIpc) is 3.34. The van der Waals surface area contributed by atoms with Gasteiger partial charge in [-0.1, -0.05) is 26.2 Å². The van der Waals surface area contributed by atoms with Crippen molar-refractivity contribution in [1.82, 2.24) is 19.5 Å². The number of carbonyl (C=O) groups is 1. The van der Waals surface area contributed by atoms with E-state index in [0.717, 1.165) is 31.6 Å². The quantitative estimate of drug-likeness (QED) is 0.435. The molecule has 3 atom stereocenters. The molecule has 33 heavy (non-hydrogen) atoms. The van der Waals surface area contributed by atoms with Crippen molar-refractivity contribution in [2.24, 2.45) is 11.8 Å². The first-order valence-electron chi connectivity index (χ1n) is 12.0. The highest BCUT2D eigenvalue weighted by molar-refractivity contribution is 6.28. The number of anilines is 1. The van der Waals surface area contributed by atoms with Crippen molar-refractivity contribution < 1.29 is 19.4 Å². The van der Waals surface area contributed by atoms with Crippen LogP contribution >= 0.6 is 11.6 Å². The molecule has 2 fully saturated rings. The van der Waals surface area contributed by atoms with E-state index in [1.165, 1.54) is 19.3 Å². The summed E-state index contributed by atoms with van der Waals surface area (Å²) in [5, 5.41) is 10.1. The number of nitrogens with zero attached hydrogens (tertiary/aromatic N) is 4. The van der Waals surface area contributed by atoms with Crippen molar-refractivity contribution in [2.45, 2.75) is 89.6 Å². The molecule has 0 amide bonds. The van der Waals surface area contributed by atoms with Crippen LogP contribution in [0, 0.1) is 11.8 Å². The van der Waals surface area contributed by atoms with E-state index in [2.05, 4.69) is 21.9 Å². The second-order valence-electron chi connectivity index (χ2n) is 9.68. The largest absolute Gasteiger partial charge is 0.459 e. The number of aromatic nitrogens is 4. The molecule has 2 aromatic rings. The smallest absolute Gasteiger partial charge is 0.309 e. The van der Waals surface area contributed by atoms with Crippen LogP contribution in [0.4, 0.5) is 5.82 Å². The summed E-state index contributed by atoms with van der Waals surface area (Å²) >= 11 is 5.96. The highest BCUT2D eigenvalue weighted by Crippen LogP contribution is 2.37. The van der Waals surface area contributed by atoms with Crippen LogP contribution in [-0.4, -0.2) is 55.0 Å². The lowest BCUT2D eigenvalue weighted by Crippen LogP contribution is -2.43. The van der Waals surface area contributed by atoms with Gasteiger partial charge in [0.25, 0.3) is 0 Å². The Hall–Kier alpha value is -1.97. The standard InChI is InChI=1S/C23H34ClN5O4/c1-3-4-5-14-6-8-15(9-7-14)21(31)32-17-10-16(33-23(17,2)12-30)11-29-13-26-18-19(25)27-22(24)28-20(18)29/h13-17,30H,3-12H2,1-2H3,(H2,25,27,28)/t14?,15?,16-,17+,23-/m1/s1. The molecule has 9 nitrogen and oxygen atoms in total. The number of rotatable bonds is 8. The number of esters is 1. The van der Waals surface area contributed by atoms with Gasteiger partial charge in [-0.2, -0.15) is 9.97 Å². The number of nitrogens with two attached hydrogens (primary N) is 1. The minimum absolute atomic E-state index is 0.0468. The number of hydrogen-bond acceptors (Lipinski definition) is 8. The highest BCUT2D eigenvalue weighted by atomic mass is 35.5. The molecule has 3 heterocycles. The van der Waals surface area contributed by atoms with Gasteiger partial charge in [-0.3, -0.25) is 4.79 Å². The van der Waals surface area contributed by atoms with Crippen LogP contribution in [0.1, 0.15) is 65.2 Å². The topological polar surface area (TPSA) is 125 Å². The zero-order chi connectivity index (χ0) is 23.6. The molecule has 1 saturated heterocycles. The molecule has 1 aliphatic heterocycles. The molecule has 2 aliphatic rings. The van der Waals surface area contributed by atoms with Crippen LogP contribution in [0.2, 0.25) is 5.28 Å². The molecule has 0 spiro atoms. The number of carbonyl (C=O) groups excluding carboxylic acids is 1. The Morgan fingerprint density at radius 3 is 2.82 bits per heavy atom. The lowest BCUT2D eigenvalue weighted by atomic mass is 9.80. The molecule has 0 radical (unpaired) electrons. The summed E-state index contributed by atoms with van der Waals surface area (Å²) in [7, 11) is 0. The number of aliphatic hydroxyl groups excluding tert-OH is 1. The van der Waals surface area contributed by atoms with Crippen molar-refractivity contribution in [1.29, 1.82) is 0 Å². The lowest BCUT2D eigenvalue weighted by Gasteiger charge is -2.31. The van der Waals surface area contributed by atoms with Crippen molar-refractivity contribution >= 4 is 34.6 Å². The summed E-state index contributed by atoms with van der Waals surface area (Å²) in [5.41, 5.74) is 5.92. The van der Waals surface area contributed by atoms with Crippen molar-refractivity contribution in [3.63, 3.8) is 0 Å². The molecular formula is C23H34ClN5O4. The first-order chi connectivity index (χ1) is 15.8. The summed E-state index contributed by atoms with van der Waals surface area (Å²) in [6.45, 7) is 4.17. The van der Waals surface area contributed by atoms with Gasteiger partial charge in [-0.15, -0.1) is 0 Å². The summed E-state index contributed by atoms with van der Waals surface area (Å²) in [5.74, 6) is 0.710. The molecular weight excluding hydrogens is 446 g/mol. The van der Waals surface area contributed by atoms with Crippen LogP contribution in [0.5, 0.6) is 0 Å². The van der Waals surface area contributed by atoms with Crippen LogP contribution in [0.25, 0.3) is 11.2 Å². The van der Waals surface area contributed by atoms with E-state index in [1.54, 1.807) is 17.8 Å². The molecule has 3 N–H and O–H groups in total. The first kappa shape index (κ1) is 24.2. The maximum atomic E-state index is 12.9. The second-order valence-corrected chi connectivity index (χ2v) is 10.0. The van der Waals surface area contributed by atoms with Gasteiger partial charge in [-0.05, 0) is 50.1 Å². The van der Waals surface area contributed by atoms with E-state index in [9.17, 15) is 9.90 Å². The van der Waals surface area contributed by atoms with Crippen LogP contribution in [0.3, 0.4) is 0 Å². The molecule has 10 heteroatoms. The van der Waals surface area contributed by atoms with E-state index in [0.29, 0.717) is 24.1 Å². The average molecular weight is 480 g/mol. The number of nitrogen functional groups attached to an aromatic ring is 1. The predicted molar refractivity (Wildman–Crippen MR) is 125 cm³/mol. The summed E-state index contributed by atoms with van der Waals surface area (Å²) in [6, 6.07) is 0. The minimum atomic E-state index is -0.958. The van der Waals surface area contributed by atoms with Gasteiger partial charge >= 0.3 is 5.97 Å². The Bertz CT molecular complexity index is 977. The monoisotopic (exact) mass is 479 g/mol. The van der Waals surface area contributed by atoms with Gasteiger partial charge in [-0.25, -0.2) is 4.98 Å². The SMILES string of the molecule is CCCCC1CCC(C(=O)O[C@H]2C[C@H](Cn3cnc4c(N)nc(Cl)nc43)O[C@]2(C)CO)CC1. The number of unbranched alkanes of at least 4 members (excludes halogenated alkanes) is 1. The van der Waals surface area contributed by atoms with E-state index >= 15 is 0 Å². The Morgan fingerprint density at radius 1 is 1.36 bits per heavy atom. The number of ether oxygens (including phenoxy) is 2. The van der Waals surface area contributed by atoms with Gasteiger partial charge in [0.05, 0.1) is 31.5 Å². The third kappa shape index (κ3) is 5.25. The summed E-state index contributed by atoms with van der Waals surface area (Å²) in [4.78, 5) is 25.4. The fourth-order valence-corrected chi connectivity index (χ4v) is 5.30. The Labute approximate surface area is 199 Å². The Morgan fingerprint density at radius 2 is 2.12 bits per heavy atom. The fourth-order valence-electron chi connectivity index (χ4n) is 5.12. The third-order valence-electron chi connectivity index (χ3n) is 7.18. The van der Waals surface area contributed by atoms with E-state index < -0.39 is 11.7 Å². The van der Waals surface area contributed by atoms with Crippen molar-refractivity contribution in [3.05, 3.63) is 11.6 Å². The van der Waals surface area contributed by atoms with Crippen molar-refractivity contribution in [2.75, 3.05) is 12.3 Å². The number of fused-ring (bicyclic) bond motifs is 1. The number of imidazole rings is 1. The Balaban J connectivity index is 1.38. The zero-order valence-electron chi connectivity index (χ0n) is 19.4. The van der Waals surface area contributed by atoms with Gasteiger partial charge < -0.3 is 24.9 Å². The number of hydrogen-bond donors (Lipinski definition) is 2. The maximum absolute atomic E-state index is 12.9. The summed E-state index contributed by atoms with van der Waals surface area (Å²) < 4.78 is 13.9. The highest BCUT2D eigenvalue weighted by Gasteiger charge is 2.48. The first-order valence-corrected chi connectivity index (χ1v) is 12.3. The zero-order valence-corrected chi connectivity index (χ0v) is 20.1.